The Kier molecular flexibility index (Phi) is 2.71. The van der Waals surface area contributed by atoms with Crippen LogP contribution in [-0.4, -0.2) is 14.9 Å². The first kappa shape index (κ1) is 10.4. The van der Waals surface area contributed by atoms with Crippen LogP contribution in [0.4, 0.5) is 0 Å². The summed E-state index contributed by atoms with van der Waals surface area (Å²) < 4.78 is 1.67. The number of aliphatic hydroxyl groups is 1. The van der Waals surface area contributed by atoms with E-state index in [0.717, 1.165) is 5.69 Å². The van der Waals surface area contributed by atoms with Gasteiger partial charge in [0.05, 0.1) is 23.4 Å². The Morgan fingerprint density at radius 3 is 2.88 bits per heavy atom. The van der Waals surface area contributed by atoms with Crippen molar-refractivity contribution >= 4 is 0 Å². The van der Waals surface area contributed by atoms with Gasteiger partial charge in [-0.05, 0) is 31.2 Å². The molecule has 1 aromatic heterocycles. The first-order chi connectivity index (χ1) is 7.72. The molecule has 0 saturated carbocycles. The highest BCUT2D eigenvalue weighted by molar-refractivity contribution is 5.47. The molecule has 0 aliphatic carbocycles. The Labute approximate surface area is 93.4 Å². The molecule has 0 spiro atoms. The SMILES string of the molecule is CC(O)c1cc(C#N)ccc1-n1cccn1. The fraction of sp³-hybridized carbons (Fsp3) is 0.167. The minimum Gasteiger partial charge on any atom is -0.389 e. The molecule has 1 atom stereocenters. The molecule has 0 saturated heterocycles. The maximum atomic E-state index is 9.67. The van der Waals surface area contributed by atoms with Crippen molar-refractivity contribution in [3.63, 3.8) is 0 Å². The second-order valence-electron chi connectivity index (χ2n) is 3.51. The lowest BCUT2D eigenvalue weighted by molar-refractivity contribution is 0.199. The van der Waals surface area contributed by atoms with Gasteiger partial charge in [0, 0.05) is 18.0 Å². The summed E-state index contributed by atoms with van der Waals surface area (Å²) >= 11 is 0. The molecule has 0 fully saturated rings. The van der Waals surface area contributed by atoms with Gasteiger partial charge in [-0.1, -0.05) is 0 Å². The summed E-state index contributed by atoms with van der Waals surface area (Å²) in [6.07, 6.45) is 2.84. The van der Waals surface area contributed by atoms with Crippen molar-refractivity contribution in [3.05, 3.63) is 47.8 Å². The molecule has 0 radical (unpaired) electrons. The van der Waals surface area contributed by atoms with Gasteiger partial charge in [-0.2, -0.15) is 10.4 Å². The van der Waals surface area contributed by atoms with E-state index in [4.69, 9.17) is 5.26 Å². The fourth-order valence-electron chi connectivity index (χ4n) is 1.58. The standard InChI is InChI=1S/C12H11N3O/c1-9(16)11-7-10(8-13)3-4-12(11)15-6-2-5-14-15/h2-7,9,16H,1H3. The van der Waals surface area contributed by atoms with Gasteiger partial charge in [0.1, 0.15) is 0 Å². The average Bonchev–Trinajstić information content (AvgIpc) is 2.81. The van der Waals surface area contributed by atoms with Crippen molar-refractivity contribution in [2.45, 2.75) is 13.0 Å². The zero-order chi connectivity index (χ0) is 11.5. The van der Waals surface area contributed by atoms with Crippen LogP contribution in [0.25, 0.3) is 5.69 Å². The molecule has 1 heterocycles. The molecule has 16 heavy (non-hydrogen) atoms. The minimum absolute atomic E-state index is 0.534. The van der Waals surface area contributed by atoms with E-state index >= 15 is 0 Å². The average molecular weight is 213 g/mol. The predicted octanol–water partition coefficient (Wildman–Crippen LogP) is 1.80. The van der Waals surface area contributed by atoms with E-state index in [-0.39, 0.29) is 0 Å². The maximum absolute atomic E-state index is 9.67. The van der Waals surface area contributed by atoms with Crippen LogP contribution in [0.1, 0.15) is 24.2 Å². The van der Waals surface area contributed by atoms with Gasteiger partial charge in [0.15, 0.2) is 0 Å². The van der Waals surface area contributed by atoms with Crippen molar-refractivity contribution in [2.24, 2.45) is 0 Å². The summed E-state index contributed by atoms with van der Waals surface area (Å²) in [6.45, 7) is 1.67. The third kappa shape index (κ3) is 1.81. The summed E-state index contributed by atoms with van der Waals surface area (Å²) in [4.78, 5) is 0. The van der Waals surface area contributed by atoms with E-state index in [1.54, 1.807) is 42.2 Å². The number of rotatable bonds is 2. The first-order valence-corrected chi connectivity index (χ1v) is 4.94. The van der Waals surface area contributed by atoms with Crippen LogP contribution in [0.3, 0.4) is 0 Å². The van der Waals surface area contributed by atoms with Gasteiger partial charge < -0.3 is 5.11 Å². The van der Waals surface area contributed by atoms with Gasteiger partial charge in [-0.15, -0.1) is 0 Å². The van der Waals surface area contributed by atoms with Gasteiger partial charge in [-0.3, -0.25) is 0 Å². The smallest absolute Gasteiger partial charge is 0.0991 e. The highest BCUT2D eigenvalue weighted by Gasteiger charge is 2.10. The van der Waals surface area contributed by atoms with Crippen LogP contribution in [0.5, 0.6) is 0 Å². The second kappa shape index (κ2) is 4.17. The maximum Gasteiger partial charge on any atom is 0.0991 e. The van der Waals surface area contributed by atoms with E-state index in [2.05, 4.69) is 11.2 Å². The summed E-state index contributed by atoms with van der Waals surface area (Å²) in [5.74, 6) is 0. The Morgan fingerprint density at radius 1 is 1.50 bits per heavy atom. The Morgan fingerprint density at radius 2 is 2.31 bits per heavy atom. The van der Waals surface area contributed by atoms with Crippen molar-refractivity contribution < 1.29 is 5.11 Å². The highest BCUT2D eigenvalue weighted by atomic mass is 16.3. The fourth-order valence-corrected chi connectivity index (χ4v) is 1.58. The summed E-state index contributed by atoms with van der Waals surface area (Å²) in [5.41, 5.74) is 2.02. The molecular weight excluding hydrogens is 202 g/mol. The van der Waals surface area contributed by atoms with E-state index in [0.29, 0.717) is 11.1 Å². The molecule has 80 valence electrons. The van der Waals surface area contributed by atoms with Crippen LogP contribution in [-0.2, 0) is 0 Å². The van der Waals surface area contributed by atoms with Crippen LogP contribution in [0, 0.1) is 11.3 Å². The summed E-state index contributed by atoms with van der Waals surface area (Å²) in [7, 11) is 0. The van der Waals surface area contributed by atoms with Gasteiger partial charge in [-0.25, -0.2) is 4.68 Å². The van der Waals surface area contributed by atoms with E-state index in [1.807, 2.05) is 6.07 Å². The number of nitriles is 1. The molecule has 2 rings (SSSR count). The largest absolute Gasteiger partial charge is 0.389 e. The highest BCUT2D eigenvalue weighted by Crippen LogP contribution is 2.22. The van der Waals surface area contributed by atoms with Gasteiger partial charge >= 0.3 is 0 Å². The second-order valence-corrected chi connectivity index (χ2v) is 3.51. The molecule has 0 aliphatic rings. The van der Waals surface area contributed by atoms with E-state index in [9.17, 15) is 5.11 Å². The molecule has 2 aromatic rings. The number of hydrogen-bond acceptors (Lipinski definition) is 3. The molecule has 1 aromatic carbocycles. The topological polar surface area (TPSA) is 61.8 Å². The molecule has 4 heteroatoms. The lowest BCUT2D eigenvalue weighted by atomic mass is 10.1. The zero-order valence-electron chi connectivity index (χ0n) is 8.83. The molecule has 0 amide bonds. The minimum atomic E-state index is -0.632. The van der Waals surface area contributed by atoms with E-state index in [1.165, 1.54) is 0 Å². The quantitative estimate of drug-likeness (QED) is 0.827. The number of nitrogens with zero attached hydrogens (tertiary/aromatic N) is 3. The van der Waals surface area contributed by atoms with Crippen LogP contribution >= 0.6 is 0 Å². The molecule has 0 aliphatic heterocycles. The summed E-state index contributed by atoms with van der Waals surface area (Å²) in [6, 6.07) is 9.04. The van der Waals surface area contributed by atoms with Crippen molar-refractivity contribution in [3.8, 4) is 11.8 Å². The van der Waals surface area contributed by atoms with Crippen LogP contribution < -0.4 is 0 Å². The number of hydrogen-bond donors (Lipinski definition) is 1. The Hall–Kier alpha value is -2.12. The van der Waals surface area contributed by atoms with Crippen LogP contribution in [0.15, 0.2) is 36.7 Å². The van der Waals surface area contributed by atoms with Crippen LogP contribution in [0.2, 0.25) is 0 Å². The molecule has 1 unspecified atom stereocenters. The predicted molar refractivity (Wildman–Crippen MR) is 58.9 cm³/mol. The molecule has 1 N–H and O–H groups in total. The monoisotopic (exact) mass is 213 g/mol. The Bertz CT molecular complexity index is 524. The van der Waals surface area contributed by atoms with Crippen molar-refractivity contribution in [1.82, 2.24) is 9.78 Å². The third-order valence-electron chi connectivity index (χ3n) is 2.36. The van der Waals surface area contributed by atoms with Crippen molar-refractivity contribution in [2.75, 3.05) is 0 Å². The first-order valence-electron chi connectivity index (χ1n) is 4.94. The number of aromatic nitrogens is 2. The Balaban J connectivity index is 2.58. The van der Waals surface area contributed by atoms with E-state index < -0.39 is 6.10 Å². The number of benzene rings is 1. The van der Waals surface area contributed by atoms with Crippen molar-refractivity contribution in [1.29, 1.82) is 5.26 Å². The molecule has 4 nitrogen and oxygen atoms in total. The third-order valence-corrected chi connectivity index (χ3v) is 2.36. The number of aliphatic hydroxyl groups excluding tert-OH is 1. The van der Waals surface area contributed by atoms with Gasteiger partial charge in [0.25, 0.3) is 0 Å². The lowest BCUT2D eigenvalue weighted by Crippen LogP contribution is -2.03. The molecular formula is C12H11N3O. The normalized spacial score (nSPS) is 12.1. The summed E-state index contributed by atoms with van der Waals surface area (Å²) in [5, 5.41) is 22.6. The zero-order valence-corrected chi connectivity index (χ0v) is 8.83. The lowest BCUT2D eigenvalue weighted by Gasteiger charge is -2.12. The molecule has 0 bridgehead atoms. The van der Waals surface area contributed by atoms with Gasteiger partial charge in [0.2, 0.25) is 0 Å².